The van der Waals surface area contributed by atoms with Gasteiger partial charge in [0.05, 0.1) is 0 Å². The number of carbonyl (C=O) groups is 1. The molecule has 3 nitrogen and oxygen atoms in total. The lowest BCUT2D eigenvalue weighted by Crippen LogP contribution is -2.22. The van der Waals surface area contributed by atoms with Crippen LogP contribution in [0.1, 0.15) is 20.8 Å². The Bertz CT molecular complexity index is 337. The van der Waals surface area contributed by atoms with Gasteiger partial charge >= 0.3 is 5.97 Å². The van der Waals surface area contributed by atoms with Crippen molar-refractivity contribution in [1.82, 2.24) is 0 Å². The maximum absolute atomic E-state index is 10.5. The van der Waals surface area contributed by atoms with Crippen molar-refractivity contribution >= 4 is 5.97 Å². The average Bonchev–Trinajstić information content (AvgIpc) is 2.31. The summed E-state index contributed by atoms with van der Waals surface area (Å²) in [4.78, 5) is 10.5. The fourth-order valence-electron chi connectivity index (χ4n) is 0.771. The van der Waals surface area contributed by atoms with Crippen LogP contribution in [0.2, 0.25) is 0 Å². The zero-order valence-corrected chi connectivity index (χ0v) is 11.3. The van der Waals surface area contributed by atoms with Crippen LogP contribution in [-0.2, 0) is 9.53 Å². The predicted octanol–water partition coefficient (Wildman–Crippen LogP) is 3.71. The van der Waals surface area contributed by atoms with Gasteiger partial charge in [0.25, 0.3) is 0 Å². The highest BCUT2D eigenvalue weighted by molar-refractivity contribution is 5.81. The second-order valence-corrected chi connectivity index (χ2v) is 4.07. The van der Waals surface area contributed by atoms with Crippen LogP contribution in [0, 0.1) is 0 Å². The number of ether oxygens (including phenoxy) is 1. The number of aromatic hydroxyl groups is 1. The van der Waals surface area contributed by atoms with Crippen LogP contribution >= 0.6 is 0 Å². The van der Waals surface area contributed by atoms with Crippen molar-refractivity contribution in [2.75, 3.05) is 0 Å². The molecule has 0 aromatic heterocycles. The van der Waals surface area contributed by atoms with Crippen molar-refractivity contribution in [2.45, 2.75) is 26.4 Å². The molecule has 18 heavy (non-hydrogen) atoms. The Kier molecular flexibility index (Phi) is 10.3. The first-order valence-electron chi connectivity index (χ1n) is 5.44. The number of para-hydroxylation sites is 1. The molecule has 1 aromatic carbocycles. The number of hydrogen-bond acceptors (Lipinski definition) is 3. The summed E-state index contributed by atoms with van der Waals surface area (Å²) in [5, 5.41) is 8.63. The molecule has 0 spiro atoms. The summed E-state index contributed by atoms with van der Waals surface area (Å²) in [6.45, 7) is 14.7. The van der Waals surface area contributed by atoms with E-state index in [2.05, 4.69) is 19.7 Å². The molecule has 0 atom stereocenters. The summed E-state index contributed by atoms with van der Waals surface area (Å²) < 4.78 is 4.83. The van der Waals surface area contributed by atoms with E-state index >= 15 is 0 Å². The maximum atomic E-state index is 10.5. The number of phenols is 1. The summed E-state index contributed by atoms with van der Waals surface area (Å²) in [5.41, 5.74) is -0.398. The van der Waals surface area contributed by atoms with E-state index in [1.165, 1.54) is 0 Å². The Labute approximate surface area is 109 Å². The van der Waals surface area contributed by atoms with Crippen LogP contribution in [0.5, 0.6) is 5.75 Å². The number of rotatable bonds is 1. The van der Waals surface area contributed by atoms with Crippen molar-refractivity contribution in [3.63, 3.8) is 0 Å². The highest BCUT2D eigenvalue weighted by Crippen LogP contribution is 2.06. The lowest BCUT2D eigenvalue weighted by molar-refractivity contribution is -0.148. The monoisotopic (exact) mass is 250 g/mol. The van der Waals surface area contributed by atoms with Gasteiger partial charge in [0.2, 0.25) is 0 Å². The summed E-state index contributed by atoms with van der Waals surface area (Å²) in [6, 6.07) is 8.71. The highest BCUT2D eigenvalue weighted by Gasteiger charge is 2.12. The Morgan fingerprint density at radius 3 is 1.83 bits per heavy atom. The van der Waals surface area contributed by atoms with E-state index < -0.39 is 5.60 Å². The van der Waals surface area contributed by atoms with Gasteiger partial charge in [-0.15, -0.1) is 13.2 Å². The van der Waals surface area contributed by atoms with Crippen molar-refractivity contribution < 1.29 is 14.6 Å². The van der Waals surface area contributed by atoms with E-state index in [-0.39, 0.29) is 5.97 Å². The summed E-state index contributed by atoms with van der Waals surface area (Å²) >= 11 is 0. The third kappa shape index (κ3) is 14.0. The molecular weight excluding hydrogens is 228 g/mol. The Morgan fingerprint density at radius 2 is 1.67 bits per heavy atom. The van der Waals surface area contributed by atoms with Gasteiger partial charge in [0.1, 0.15) is 11.4 Å². The molecule has 100 valence electrons. The van der Waals surface area contributed by atoms with Crippen molar-refractivity contribution in [3.05, 3.63) is 56.1 Å². The quantitative estimate of drug-likeness (QED) is 0.469. The molecule has 0 bridgehead atoms. The Hall–Kier alpha value is -2.03. The fraction of sp³-hybridized carbons (Fsp3) is 0.267. The van der Waals surface area contributed by atoms with Crippen LogP contribution in [0.3, 0.4) is 0 Å². The first-order valence-corrected chi connectivity index (χ1v) is 5.44. The van der Waals surface area contributed by atoms with Gasteiger partial charge in [-0.25, -0.2) is 4.79 Å². The minimum absolute atomic E-state index is 0.322. The molecule has 0 aliphatic heterocycles. The fourth-order valence-corrected chi connectivity index (χ4v) is 0.771. The molecule has 0 saturated heterocycles. The molecule has 1 N–H and O–H groups in total. The number of carbonyl (C=O) groups excluding carboxylic acids is 1. The molecule has 0 heterocycles. The van der Waals surface area contributed by atoms with Gasteiger partial charge in [-0.2, -0.15) is 0 Å². The van der Waals surface area contributed by atoms with Gasteiger partial charge < -0.3 is 9.84 Å². The SMILES string of the molecule is C=C.C=CC(=O)OC(C)(C)C.Oc1ccccc1. The van der Waals surface area contributed by atoms with Crippen LogP contribution in [-0.4, -0.2) is 16.7 Å². The van der Waals surface area contributed by atoms with Gasteiger partial charge in [-0.1, -0.05) is 24.8 Å². The molecule has 1 rings (SSSR count). The standard InChI is InChI=1S/C7H12O2.C6H6O.C2H4/c1-5-6(8)9-7(2,3)4;7-6-4-2-1-3-5-6;1-2/h5H,1H2,2-4H3;1-5,7H;1-2H2. The smallest absolute Gasteiger partial charge is 0.330 e. The van der Waals surface area contributed by atoms with E-state index in [1.807, 2.05) is 26.8 Å². The van der Waals surface area contributed by atoms with Gasteiger partial charge in [-0.05, 0) is 32.9 Å². The predicted molar refractivity (Wildman–Crippen MR) is 75.4 cm³/mol. The molecule has 0 amide bonds. The molecule has 0 saturated carbocycles. The second kappa shape index (κ2) is 10.1. The maximum Gasteiger partial charge on any atom is 0.330 e. The minimum Gasteiger partial charge on any atom is -0.508 e. The van der Waals surface area contributed by atoms with E-state index in [4.69, 9.17) is 9.84 Å². The summed E-state index contributed by atoms with van der Waals surface area (Å²) in [6.07, 6.45) is 1.16. The van der Waals surface area contributed by atoms with Gasteiger partial charge in [0.15, 0.2) is 0 Å². The van der Waals surface area contributed by atoms with Crippen LogP contribution < -0.4 is 0 Å². The highest BCUT2D eigenvalue weighted by atomic mass is 16.6. The van der Waals surface area contributed by atoms with Gasteiger partial charge in [-0.3, -0.25) is 0 Å². The van der Waals surface area contributed by atoms with Crippen molar-refractivity contribution in [1.29, 1.82) is 0 Å². The largest absolute Gasteiger partial charge is 0.508 e. The first kappa shape index (κ1) is 18.3. The van der Waals surface area contributed by atoms with Crippen LogP contribution in [0.25, 0.3) is 0 Å². The number of phenolic OH excluding ortho intramolecular Hbond substituents is 1. The molecule has 0 aliphatic carbocycles. The van der Waals surface area contributed by atoms with Crippen molar-refractivity contribution in [2.24, 2.45) is 0 Å². The topological polar surface area (TPSA) is 46.5 Å². The van der Waals surface area contributed by atoms with Crippen molar-refractivity contribution in [3.8, 4) is 5.75 Å². The van der Waals surface area contributed by atoms with E-state index in [9.17, 15) is 4.79 Å². The van der Waals surface area contributed by atoms with E-state index in [1.54, 1.807) is 24.3 Å². The normalized spacial score (nSPS) is 8.83. The van der Waals surface area contributed by atoms with E-state index in [0.717, 1.165) is 6.08 Å². The molecule has 0 unspecified atom stereocenters. The number of esters is 1. The summed E-state index contributed by atoms with van der Waals surface area (Å²) in [5.74, 6) is -0.0509. The summed E-state index contributed by atoms with van der Waals surface area (Å²) in [7, 11) is 0. The third-order valence-electron chi connectivity index (χ3n) is 1.33. The van der Waals surface area contributed by atoms with E-state index in [0.29, 0.717) is 5.75 Å². The molecular formula is C15H22O3. The average molecular weight is 250 g/mol. The third-order valence-corrected chi connectivity index (χ3v) is 1.33. The lowest BCUT2D eigenvalue weighted by atomic mass is 10.2. The van der Waals surface area contributed by atoms with Crippen LogP contribution in [0.4, 0.5) is 0 Å². The Morgan fingerprint density at radius 1 is 1.22 bits per heavy atom. The zero-order valence-electron chi connectivity index (χ0n) is 11.3. The minimum atomic E-state index is -0.398. The molecule has 0 fully saturated rings. The zero-order chi connectivity index (χ0) is 14.6. The molecule has 0 aliphatic rings. The van der Waals surface area contributed by atoms with Crippen LogP contribution in [0.15, 0.2) is 56.1 Å². The Balaban J connectivity index is 0. The molecule has 1 aromatic rings. The molecule has 3 heteroatoms. The van der Waals surface area contributed by atoms with Gasteiger partial charge in [0, 0.05) is 6.08 Å². The number of benzene rings is 1. The lowest BCUT2D eigenvalue weighted by Gasteiger charge is -2.17. The molecule has 0 radical (unpaired) electrons. The number of hydrogen-bond donors (Lipinski definition) is 1. The second-order valence-electron chi connectivity index (χ2n) is 4.07. The first-order chi connectivity index (χ1) is 8.35.